The molecule has 1 saturated heterocycles. The number of anilines is 1. The number of nitrogens with one attached hydrogen (secondary N) is 2. The van der Waals surface area contributed by atoms with Gasteiger partial charge in [0.2, 0.25) is 11.7 Å². The van der Waals surface area contributed by atoms with Gasteiger partial charge < -0.3 is 29.0 Å². The van der Waals surface area contributed by atoms with Crippen LogP contribution in [0, 0.1) is 0 Å². The minimum absolute atomic E-state index is 0.0336. The summed E-state index contributed by atoms with van der Waals surface area (Å²) >= 11 is 0. The Hall–Kier alpha value is -3.91. The van der Waals surface area contributed by atoms with Gasteiger partial charge in [-0.3, -0.25) is 9.69 Å². The number of aromatic nitrogens is 4. The molecule has 1 aromatic carbocycles. The van der Waals surface area contributed by atoms with Gasteiger partial charge in [0.15, 0.2) is 0 Å². The molecule has 5 rings (SSSR count). The average molecular weight is 620 g/mol. The molecule has 1 aliphatic heterocycles. The highest BCUT2D eigenvalue weighted by Gasteiger charge is 2.33. The highest BCUT2D eigenvalue weighted by Crippen LogP contribution is 2.35. The maximum atomic E-state index is 15.1. The van der Waals surface area contributed by atoms with Crippen molar-refractivity contribution in [3.63, 3.8) is 0 Å². The SMILES string of the molecule is COCCN1CC[C@@H](Nc2cccc3c2cc(-c2noc(CNC(=O)c4ccn(C(C)(C)C)c4)n2)n3CC(F)(F)F)[C@@H](F)C1. The van der Waals surface area contributed by atoms with Crippen LogP contribution in [0.3, 0.4) is 0 Å². The number of fused-ring (bicyclic) bond motifs is 1. The molecule has 238 valence electrons. The van der Waals surface area contributed by atoms with Crippen molar-refractivity contribution in [1.29, 1.82) is 0 Å². The molecule has 10 nitrogen and oxygen atoms in total. The van der Waals surface area contributed by atoms with Crippen LogP contribution in [0.15, 0.2) is 47.2 Å². The normalized spacial score (nSPS) is 18.2. The molecule has 2 N–H and O–H groups in total. The fourth-order valence-corrected chi connectivity index (χ4v) is 5.34. The maximum Gasteiger partial charge on any atom is 0.406 e. The maximum absolute atomic E-state index is 15.1. The topological polar surface area (TPSA) is 102 Å². The van der Waals surface area contributed by atoms with Crippen LogP contribution in [-0.2, 0) is 23.4 Å². The van der Waals surface area contributed by atoms with E-state index in [4.69, 9.17) is 9.26 Å². The van der Waals surface area contributed by atoms with Crippen LogP contribution in [0.5, 0.6) is 0 Å². The number of ether oxygens (including phenoxy) is 1. The highest BCUT2D eigenvalue weighted by molar-refractivity contribution is 5.96. The number of methoxy groups -OCH3 is 1. The molecule has 1 aliphatic rings. The fourth-order valence-electron chi connectivity index (χ4n) is 5.34. The zero-order valence-corrected chi connectivity index (χ0v) is 25.1. The Labute approximate surface area is 252 Å². The minimum Gasteiger partial charge on any atom is -0.383 e. The number of hydrogen-bond acceptors (Lipinski definition) is 7. The fraction of sp³-hybridized carbons (Fsp3) is 0.500. The molecule has 14 heteroatoms. The Morgan fingerprint density at radius 1 is 1.20 bits per heavy atom. The Morgan fingerprint density at radius 2 is 2.00 bits per heavy atom. The van der Waals surface area contributed by atoms with Crippen LogP contribution < -0.4 is 10.6 Å². The summed E-state index contributed by atoms with van der Waals surface area (Å²) < 4.78 is 69.7. The van der Waals surface area contributed by atoms with Gasteiger partial charge in [-0.1, -0.05) is 11.2 Å². The van der Waals surface area contributed by atoms with Crippen molar-refractivity contribution in [2.24, 2.45) is 0 Å². The number of halogens is 4. The number of carbonyl (C=O) groups excluding carboxylic acids is 1. The van der Waals surface area contributed by atoms with Crippen molar-refractivity contribution < 1.29 is 31.6 Å². The summed E-state index contributed by atoms with van der Waals surface area (Å²) in [4.78, 5) is 18.9. The first-order valence-corrected chi connectivity index (χ1v) is 14.4. The lowest BCUT2D eigenvalue weighted by atomic mass is 10.0. The summed E-state index contributed by atoms with van der Waals surface area (Å²) in [6.07, 6.45) is -1.64. The Balaban J connectivity index is 1.36. The molecular weight excluding hydrogens is 582 g/mol. The van der Waals surface area contributed by atoms with Gasteiger partial charge in [0.25, 0.3) is 5.91 Å². The highest BCUT2D eigenvalue weighted by atomic mass is 19.4. The molecule has 1 amide bonds. The van der Waals surface area contributed by atoms with Gasteiger partial charge >= 0.3 is 6.18 Å². The van der Waals surface area contributed by atoms with E-state index in [-0.39, 0.29) is 41.9 Å². The molecule has 1 fully saturated rings. The molecule has 0 radical (unpaired) electrons. The molecule has 2 atom stereocenters. The number of nitrogens with zero attached hydrogens (tertiary/aromatic N) is 5. The van der Waals surface area contributed by atoms with Crippen LogP contribution in [0.25, 0.3) is 22.4 Å². The number of alkyl halides is 4. The van der Waals surface area contributed by atoms with Crippen LogP contribution >= 0.6 is 0 Å². The van der Waals surface area contributed by atoms with E-state index < -0.39 is 24.9 Å². The third-order valence-electron chi connectivity index (χ3n) is 7.69. The summed E-state index contributed by atoms with van der Waals surface area (Å²) in [6, 6.07) is 7.66. The van der Waals surface area contributed by atoms with E-state index in [0.29, 0.717) is 48.3 Å². The lowest BCUT2D eigenvalue weighted by Gasteiger charge is -2.35. The van der Waals surface area contributed by atoms with Crippen molar-refractivity contribution in [2.75, 3.05) is 38.7 Å². The third kappa shape index (κ3) is 7.24. The Bertz CT molecular complexity index is 1590. The van der Waals surface area contributed by atoms with Gasteiger partial charge in [-0.25, -0.2) is 4.39 Å². The van der Waals surface area contributed by atoms with E-state index in [1.807, 2.05) is 36.4 Å². The van der Waals surface area contributed by atoms with Crippen LogP contribution in [0.4, 0.5) is 23.2 Å². The first-order chi connectivity index (χ1) is 20.8. The van der Waals surface area contributed by atoms with E-state index in [1.54, 1.807) is 43.6 Å². The molecule has 0 saturated carbocycles. The van der Waals surface area contributed by atoms with Gasteiger partial charge in [-0.2, -0.15) is 18.2 Å². The van der Waals surface area contributed by atoms with Crippen molar-refractivity contribution in [1.82, 2.24) is 29.5 Å². The molecular formula is C30H37F4N7O3. The second-order valence-corrected chi connectivity index (χ2v) is 12.0. The van der Waals surface area contributed by atoms with Crippen LogP contribution in [-0.4, -0.2) is 81.8 Å². The first-order valence-electron chi connectivity index (χ1n) is 14.4. The molecule has 0 bridgehead atoms. The molecule has 3 aromatic heterocycles. The lowest BCUT2D eigenvalue weighted by molar-refractivity contribution is -0.139. The summed E-state index contributed by atoms with van der Waals surface area (Å²) in [5.74, 6) is -0.383. The molecule has 44 heavy (non-hydrogen) atoms. The number of piperidine rings is 1. The number of carbonyl (C=O) groups is 1. The van der Waals surface area contributed by atoms with E-state index in [0.717, 1.165) is 4.57 Å². The van der Waals surface area contributed by atoms with Crippen molar-refractivity contribution in [3.05, 3.63) is 54.2 Å². The van der Waals surface area contributed by atoms with Gasteiger partial charge in [0.05, 0.1) is 36.0 Å². The molecule has 4 aromatic rings. The second-order valence-electron chi connectivity index (χ2n) is 12.0. The van der Waals surface area contributed by atoms with Crippen molar-refractivity contribution >= 4 is 22.5 Å². The summed E-state index contributed by atoms with van der Waals surface area (Å²) in [5.41, 5.74) is 1.14. The van der Waals surface area contributed by atoms with Crippen molar-refractivity contribution in [3.8, 4) is 11.5 Å². The van der Waals surface area contributed by atoms with Crippen molar-refractivity contribution in [2.45, 2.75) is 64.2 Å². The second kappa shape index (κ2) is 12.6. The third-order valence-corrected chi connectivity index (χ3v) is 7.69. The zero-order valence-electron chi connectivity index (χ0n) is 25.1. The monoisotopic (exact) mass is 619 g/mol. The molecule has 0 spiro atoms. The minimum atomic E-state index is -4.53. The lowest BCUT2D eigenvalue weighted by Crippen LogP contribution is -2.48. The predicted octanol–water partition coefficient (Wildman–Crippen LogP) is 5.21. The van der Waals surface area contributed by atoms with Gasteiger partial charge in [-0.05, 0) is 51.5 Å². The van der Waals surface area contributed by atoms with E-state index >= 15 is 4.39 Å². The van der Waals surface area contributed by atoms with Crippen LogP contribution in [0.1, 0.15) is 43.4 Å². The Kier molecular flexibility index (Phi) is 9.02. The van der Waals surface area contributed by atoms with Gasteiger partial charge in [0.1, 0.15) is 12.7 Å². The summed E-state index contributed by atoms with van der Waals surface area (Å²) in [7, 11) is 1.60. The first kappa shape index (κ1) is 31.5. The van der Waals surface area contributed by atoms with E-state index in [9.17, 15) is 18.0 Å². The van der Waals surface area contributed by atoms with Gasteiger partial charge in [0, 0.05) is 55.8 Å². The molecule has 0 unspecified atom stereocenters. The zero-order chi connectivity index (χ0) is 31.6. The predicted molar refractivity (Wildman–Crippen MR) is 157 cm³/mol. The van der Waals surface area contributed by atoms with E-state index in [2.05, 4.69) is 20.8 Å². The number of rotatable bonds is 10. The smallest absolute Gasteiger partial charge is 0.383 e. The molecule has 0 aliphatic carbocycles. The number of likely N-dealkylation sites (tertiary alicyclic amines) is 1. The van der Waals surface area contributed by atoms with E-state index in [1.165, 1.54) is 0 Å². The number of amides is 1. The van der Waals surface area contributed by atoms with Crippen LogP contribution in [0.2, 0.25) is 0 Å². The summed E-state index contributed by atoms with van der Waals surface area (Å²) in [6.45, 7) is 6.68. The Morgan fingerprint density at radius 3 is 2.68 bits per heavy atom. The largest absolute Gasteiger partial charge is 0.406 e. The summed E-state index contributed by atoms with van der Waals surface area (Å²) in [5, 5.41) is 10.3. The number of benzene rings is 1. The molecule has 4 heterocycles. The van der Waals surface area contributed by atoms with Gasteiger partial charge in [-0.15, -0.1) is 0 Å². The average Bonchev–Trinajstić information content (AvgIpc) is 3.71. The number of hydrogen-bond donors (Lipinski definition) is 2. The standard InChI is InChI=1S/C30H37F4N7O3/c1-29(2,3)40-11-8-19(16-40)28(42)35-15-26-37-27(38-44-26)25-14-20-22(6-5-7-24(20)41(25)18-30(32,33)34)36-23-9-10-39(12-13-43-4)17-21(23)31/h5-8,11,14,16,21,23,36H,9-10,12-13,15,17-18H2,1-4H3,(H,35,42)/t21-,23+/m0/s1. The quantitative estimate of drug-likeness (QED) is 0.235.